The molecule has 0 aliphatic carbocycles. The van der Waals surface area contributed by atoms with Crippen LogP contribution in [0.25, 0.3) is 0 Å². The van der Waals surface area contributed by atoms with E-state index in [9.17, 15) is 9.59 Å². The van der Waals surface area contributed by atoms with Gasteiger partial charge in [-0.25, -0.2) is 0 Å². The van der Waals surface area contributed by atoms with Crippen LogP contribution in [0.3, 0.4) is 0 Å². The van der Waals surface area contributed by atoms with Gasteiger partial charge in [0.1, 0.15) is 6.04 Å². The van der Waals surface area contributed by atoms with E-state index in [1.54, 1.807) is 4.90 Å². The second-order valence-electron chi connectivity index (χ2n) is 3.51. The summed E-state index contributed by atoms with van der Waals surface area (Å²) >= 11 is 0. The number of Topliss-reactive ketones (excluding diaryl/α,β-unsaturated/α-hetero) is 1. The molecule has 4 heteroatoms. The number of rotatable bonds is 0. The van der Waals surface area contributed by atoms with Gasteiger partial charge in [0, 0.05) is 19.6 Å². The lowest BCUT2D eigenvalue weighted by molar-refractivity contribution is -0.130. The van der Waals surface area contributed by atoms with E-state index in [0.29, 0.717) is 13.1 Å². The Hall–Kier alpha value is -0.900. The first kappa shape index (κ1) is 7.73. The normalized spacial score (nSPS) is 31.1. The summed E-state index contributed by atoms with van der Waals surface area (Å²) in [5.74, 6) is 0.102. The molecule has 2 aliphatic heterocycles. The molecule has 66 valence electrons. The molecule has 0 saturated carbocycles. The number of fused-ring (bicyclic) bond motifs is 1. The van der Waals surface area contributed by atoms with Gasteiger partial charge in [-0.15, -0.1) is 0 Å². The van der Waals surface area contributed by atoms with Crippen LogP contribution in [-0.2, 0) is 9.59 Å². The van der Waals surface area contributed by atoms with Crippen molar-refractivity contribution in [1.82, 2.24) is 9.80 Å². The lowest BCUT2D eigenvalue weighted by Crippen LogP contribution is -2.51. The number of carbonyl (C=O) groups excluding carboxylic acids is 2. The smallest absolute Gasteiger partial charge is 0.230 e. The Kier molecular flexibility index (Phi) is 1.65. The molecule has 0 aromatic heterocycles. The van der Waals surface area contributed by atoms with Crippen LogP contribution in [-0.4, -0.2) is 54.2 Å². The van der Waals surface area contributed by atoms with Gasteiger partial charge in [-0.05, 0) is 7.05 Å². The van der Waals surface area contributed by atoms with Crippen molar-refractivity contribution in [3.63, 3.8) is 0 Å². The van der Waals surface area contributed by atoms with Gasteiger partial charge in [0.2, 0.25) is 5.91 Å². The molecule has 0 bridgehead atoms. The van der Waals surface area contributed by atoms with Gasteiger partial charge in [-0.3, -0.25) is 9.59 Å². The number of hydrogen-bond acceptors (Lipinski definition) is 3. The van der Waals surface area contributed by atoms with E-state index in [0.717, 1.165) is 6.54 Å². The SMILES string of the molecule is CN1CCN2C(=O)CC(=O)C2C1. The maximum Gasteiger partial charge on any atom is 0.230 e. The summed E-state index contributed by atoms with van der Waals surface area (Å²) in [6.45, 7) is 2.31. The van der Waals surface area contributed by atoms with Crippen molar-refractivity contribution in [2.24, 2.45) is 0 Å². The minimum absolute atomic E-state index is 0.0121. The van der Waals surface area contributed by atoms with Gasteiger partial charge in [0.05, 0.1) is 6.42 Å². The number of piperazine rings is 1. The summed E-state index contributed by atoms with van der Waals surface area (Å²) in [6.07, 6.45) is 0.124. The lowest BCUT2D eigenvalue weighted by Gasteiger charge is -2.34. The highest BCUT2D eigenvalue weighted by atomic mass is 16.2. The van der Waals surface area contributed by atoms with Gasteiger partial charge < -0.3 is 9.80 Å². The van der Waals surface area contributed by atoms with E-state index in [2.05, 4.69) is 4.90 Å². The Morgan fingerprint density at radius 3 is 2.83 bits per heavy atom. The third-order valence-corrected chi connectivity index (χ3v) is 2.60. The van der Waals surface area contributed by atoms with Crippen molar-refractivity contribution >= 4 is 11.7 Å². The van der Waals surface area contributed by atoms with Crippen LogP contribution in [0.5, 0.6) is 0 Å². The standard InChI is InChI=1S/C8H12N2O2/c1-9-2-3-10-6(5-9)7(11)4-8(10)12/h6H,2-5H2,1H3. The Balaban J connectivity index is 2.17. The van der Waals surface area contributed by atoms with E-state index >= 15 is 0 Å². The summed E-state index contributed by atoms with van der Waals surface area (Å²) in [5, 5.41) is 0. The Bertz CT molecular complexity index is 239. The summed E-state index contributed by atoms with van der Waals surface area (Å²) in [7, 11) is 1.98. The zero-order valence-electron chi connectivity index (χ0n) is 7.12. The molecule has 1 unspecified atom stereocenters. The van der Waals surface area contributed by atoms with Crippen LogP contribution in [0.1, 0.15) is 6.42 Å². The number of carbonyl (C=O) groups is 2. The molecule has 12 heavy (non-hydrogen) atoms. The number of likely N-dealkylation sites (N-methyl/N-ethyl adjacent to an activating group) is 1. The molecule has 1 amide bonds. The van der Waals surface area contributed by atoms with Crippen LogP contribution >= 0.6 is 0 Å². The molecule has 0 aromatic rings. The molecule has 0 N–H and O–H groups in total. The zero-order chi connectivity index (χ0) is 8.72. The minimum atomic E-state index is -0.142. The molecule has 2 aliphatic rings. The first-order valence-electron chi connectivity index (χ1n) is 4.19. The van der Waals surface area contributed by atoms with Crippen LogP contribution in [0.15, 0.2) is 0 Å². The van der Waals surface area contributed by atoms with E-state index in [1.807, 2.05) is 7.05 Å². The fraction of sp³-hybridized carbons (Fsp3) is 0.750. The highest BCUT2D eigenvalue weighted by Crippen LogP contribution is 2.18. The Morgan fingerprint density at radius 2 is 2.08 bits per heavy atom. The summed E-state index contributed by atoms with van der Waals surface area (Å²) in [5.41, 5.74) is 0. The Labute approximate surface area is 71.1 Å². The van der Waals surface area contributed by atoms with Crippen molar-refractivity contribution < 1.29 is 9.59 Å². The van der Waals surface area contributed by atoms with Gasteiger partial charge in [-0.2, -0.15) is 0 Å². The number of nitrogens with zero attached hydrogens (tertiary/aromatic N) is 2. The fourth-order valence-electron chi connectivity index (χ4n) is 1.86. The topological polar surface area (TPSA) is 40.6 Å². The van der Waals surface area contributed by atoms with E-state index in [1.165, 1.54) is 0 Å². The molecule has 1 atom stereocenters. The van der Waals surface area contributed by atoms with Crippen LogP contribution in [0.2, 0.25) is 0 Å². The van der Waals surface area contributed by atoms with Crippen LogP contribution in [0, 0.1) is 0 Å². The quantitative estimate of drug-likeness (QED) is 0.440. The molecular weight excluding hydrogens is 156 g/mol. The third kappa shape index (κ3) is 1.03. The highest BCUT2D eigenvalue weighted by Gasteiger charge is 2.40. The van der Waals surface area contributed by atoms with Crippen LogP contribution < -0.4 is 0 Å². The first-order valence-corrected chi connectivity index (χ1v) is 4.19. The van der Waals surface area contributed by atoms with E-state index < -0.39 is 0 Å². The molecule has 0 aromatic carbocycles. The van der Waals surface area contributed by atoms with E-state index in [-0.39, 0.29) is 24.2 Å². The summed E-state index contributed by atoms with van der Waals surface area (Å²) in [6, 6.07) is -0.142. The summed E-state index contributed by atoms with van der Waals surface area (Å²) < 4.78 is 0. The fourth-order valence-corrected chi connectivity index (χ4v) is 1.86. The maximum absolute atomic E-state index is 11.3. The van der Waals surface area contributed by atoms with Gasteiger partial charge >= 0.3 is 0 Å². The molecule has 2 heterocycles. The average Bonchev–Trinajstić information content (AvgIpc) is 2.28. The number of hydrogen-bond donors (Lipinski definition) is 0. The predicted octanol–water partition coefficient (Wildman–Crippen LogP) is -0.898. The molecule has 4 nitrogen and oxygen atoms in total. The molecule has 0 radical (unpaired) electrons. The minimum Gasteiger partial charge on any atom is -0.330 e. The predicted molar refractivity (Wildman–Crippen MR) is 42.6 cm³/mol. The highest BCUT2D eigenvalue weighted by molar-refractivity contribution is 6.07. The van der Waals surface area contributed by atoms with Crippen molar-refractivity contribution in [1.29, 1.82) is 0 Å². The Morgan fingerprint density at radius 1 is 1.33 bits per heavy atom. The second-order valence-corrected chi connectivity index (χ2v) is 3.51. The maximum atomic E-state index is 11.3. The molecule has 0 spiro atoms. The van der Waals surface area contributed by atoms with Crippen LogP contribution in [0.4, 0.5) is 0 Å². The molecule has 2 fully saturated rings. The van der Waals surface area contributed by atoms with Gasteiger partial charge in [0.25, 0.3) is 0 Å². The van der Waals surface area contributed by atoms with Crippen molar-refractivity contribution in [3.8, 4) is 0 Å². The van der Waals surface area contributed by atoms with Crippen molar-refractivity contribution in [2.75, 3.05) is 26.7 Å². The average molecular weight is 168 g/mol. The largest absolute Gasteiger partial charge is 0.330 e. The second kappa shape index (κ2) is 2.55. The van der Waals surface area contributed by atoms with E-state index in [4.69, 9.17) is 0 Å². The number of amides is 1. The van der Waals surface area contributed by atoms with Gasteiger partial charge in [0.15, 0.2) is 5.78 Å². The summed E-state index contributed by atoms with van der Waals surface area (Å²) in [4.78, 5) is 26.3. The third-order valence-electron chi connectivity index (χ3n) is 2.60. The lowest BCUT2D eigenvalue weighted by atomic mass is 10.1. The monoisotopic (exact) mass is 168 g/mol. The first-order chi connectivity index (χ1) is 5.68. The van der Waals surface area contributed by atoms with Gasteiger partial charge in [-0.1, -0.05) is 0 Å². The van der Waals surface area contributed by atoms with Crippen molar-refractivity contribution in [3.05, 3.63) is 0 Å². The molecule has 2 rings (SSSR count). The molecule has 2 saturated heterocycles. The van der Waals surface area contributed by atoms with Crippen molar-refractivity contribution in [2.45, 2.75) is 12.5 Å². The molecular formula is C8H12N2O2. The number of ketones is 1. The zero-order valence-corrected chi connectivity index (χ0v) is 7.12.